The largest absolute Gasteiger partial charge is 0.481 e. The molecule has 0 spiro atoms. The highest BCUT2D eigenvalue weighted by atomic mass is 35.5. The number of aliphatic carboxylic acids is 1. The molecular formula is C14H14ClN3O2. The van der Waals surface area contributed by atoms with Crippen molar-refractivity contribution in [3.05, 3.63) is 29.5 Å². The molecule has 1 fully saturated rings. The van der Waals surface area contributed by atoms with Crippen molar-refractivity contribution in [2.45, 2.75) is 12.8 Å². The molecule has 0 unspecified atom stereocenters. The van der Waals surface area contributed by atoms with Crippen LogP contribution in [0, 0.1) is 5.92 Å². The number of rotatable bonds is 2. The number of piperidine rings is 1. The molecular weight excluding hydrogens is 278 g/mol. The second-order valence-corrected chi connectivity index (χ2v) is 5.27. The van der Waals surface area contributed by atoms with Gasteiger partial charge in [-0.2, -0.15) is 4.98 Å². The van der Waals surface area contributed by atoms with Crippen molar-refractivity contribution in [1.82, 2.24) is 9.97 Å². The number of hydrogen-bond acceptors (Lipinski definition) is 4. The van der Waals surface area contributed by atoms with E-state index in [1.54, 1.807) is 0 Å². The van der Waals surface area contributed by atoms with E-state index in [9.17, 15) is 4.79 Å². The number of fused-ring (bicyclic) bond motifs is 1. The number of carboxylic acid groups (broad SMARTS) is 1. The molecule has 0 radical (unpaired) electrons. The first-order valence-electron chi connectivity index (χ1n) is 6.55. The Hall–Kier alpha value is -1.88. The number of para-hydroxylation sites is 1. The molecule has 6 heteroatoms. The molecule has 1 aromatic heterocycles. The first kappa shape index (κ1) is 13.1. The van der Waals surface area contributed by atoms with E-state index in [0.29, 0.717) is 25.9 Å². The number of carbonyl (C=O) groups is 1. The number of aromatic nitrogens is 2. The fourth-order valence-electron chi connectivity index (χ4n) is 2.61. The van der Waals surface area contributed by atoms with Crippen LogP contribution in [0.2, 0.25) is 5.28 Å². The molecule has 20 heavy (non-hydrogen) atoms. The molecule has 2 heterocycles. The van der Waals surface area contributed by atoms with Gasteiger partial charge in [-0.15, -0.1) is 0 Å². The maximum Gasteiger partial charge on any atom is 0.306 e. The molecule has 1 saturated heterocycles. The lowest BCUT2D eigenvalue weighted by Gasteiger charge is -2.31. The van der Waals surface area contributed by atoms with Crippen molar-refractivity contribution in [2.75, 3.05) is 18.0 Å². The third kappa shape index (κ3) is 2.41. The number of benzene rings is 1. The van der Waals surface area contributed by atoms with Crippen LogP contribution in [0.25, 0.3) is 10.9 Å². The van der Waals surface area contributed by atoms with Gasteiger partial charge in [0.1, 0.15) is 5.82 Å². The summed E-state index contributed by atoms with van der Waals surface area (Å²) < 4.78 is 0. The highest BCUT2D eigenvalue weighted by Gasteiger charge is 2.26. The lowest BCUT2D eigenvalue weighted by atomic mass is 9.97. The quantitative estimate of drug-likeness (QED) is 0.862. The van der Waals surface area contributed by atoms with Crippen molar-refractivity contribution in [3.8, 4) is 0 Å². The van der Waals surface area contributed by atoms with Gasteiger partial charge in [0.2, 0.25) is 5.28 Å². The summed E-state index contributed by atoms with van der Waals surface area (Å²) in [7, 11) is 0. The van der Waals surface area contributed by atoms with Gasteiger partial charge in [0.25, 0.3) is 0 Å². The van der Waals surface area contributed by atoms with Crippen molar-refractivity contribution < 1.29 is 9.90 Å². The fraction of sp³-hybridized carbons (Fsp3) is 0.357. The summed E-state index contributed by atoms with van der Waals surface area (Å²) >= 11 is 5.98. The predicted molar refractivity (Wildman–Crippen MR) is 77.1 cm³/mol. The van der Waals surface area contributed by atoms with E-state index in [2.05, 4.69) is 14.9 Å². The summed E-state index contributed by atoms with van der Waals surface area (Å²) in [5.41, 5.74) is 0.808. The van der Waals surface area contributed by atoms with E-state index in [1.165, 1.54) is 0 Å². The van der Waals surface area contributed by atoms with Gasteiger partial charge in [0.15, 0.2) is 0 Å². The molecule has 3 rings (SSSR count). The number of hydrogen-bond donors (Lipinski definition) is 1. The van der Waals surface area contributed by atoms with Crippen LogP contribution in [0.5, 0.6) is 0 Å². The molecule has 0 bridgehead atoms. The Balaban J connectivity index is 1.93. The Morgan fingerprint density at radius 3 is 2.65 bits per heavy atom. The van der Waals surface area contributed by atoms with E-state index in [-0.39, 0.29) is 11.2 Å². The molecule has 1 N–H and O–H groups in total. The van der Waals surface area contributed by atoms with Gasteiger partial charge in [0.05, 0.1) is 11.4 Å². The summed E-state index contributed by atoms with van der Waals surface area (Å²) in [6.45, 7) is 1.35. The minimum Gasteiger partial charge on any atom is -0.481 e. The van der Waals surface area contributed by atoms with Crippen LogP contribution in [0.15, 0.2) is 24.3 Å². The Morgan fingerprint density at radius 2 is 1.95 bits per heavy atom. The average Bonchev–Trinajstić information content (AvgIpc) is 2.46. The Bertz CT molecular complexity index is 654. The molecule has 1 aliphatic heterocycles. The van der Waals surface area contributed by atoms with Crippen LogP contribution in [0.1, 0.15) is 12.8 Å². The summed E-state index contributed by atoms with van der Waals surface area (Å²) in [5, 5.41) is 10.2. The van der Waals surface area contributed by atoms with E-state index < -0.39 is 5.97 Å². The number of nitrogens with zero attached hydrogens (tertiary/aromatic N) is 3. The first-order chi connectivity index (χ1) is 9.65. The molecule has 0 aliphatic carbocycles. The first-order valence-corrected chi connectivity index (χ1v) is 6.93. The van der Waals surface area contributed by atoms with Gasteiger partial charge in [-0.25, -0.2) is 4.98 Å². The monoisotopic (exact) mass is 291 g/mol. The van der Waals surface area contributed by atoms with Crippen LogP contribution in [0.3, 0.4) is 0 Å². The highest BCUT2D eigenvalue weighted by Crippen LogP contribution is 2.28. The molecule has 1 aliphatic rings. The zero-order valence-electron chi connectivity index (χ0n) is 10.8. The highest BCUT2D eigenvalue weighted by molar-refractivity contribution is 6.28. The predicted octanol–water partition coefficient (Wildman–Crippen LogP) is 2.58. The van der Waals surface area contributed by atoms with E-state index in [0.717, 1.165) is 16.7 Å². The minimum absolute atomic E-state index is 0.221. The lowest BCUT2D eigenvalue weighted by molar-refractivity contribution is -0.142. The van der Waals surface area contributed by atoms with Crippen molar-refractivity contribution >= 4 is 34.3 Å². The molecule has 0 amide bonds. The number of halogens is 1. The van der Waals surface area contributed by atoms with Crippen molar-refractivity contribution in [1.29, 1.82) is 0 Å². The zero-order chi connectivity index (χ0) is 14.1. The smallest absolute Gasteiger partial charge is 0.306 e. The third-order valence-electron chi connectivity index (χ3n) is 3.70. The minimum atomic E-state index is -0.713. The zero-order valence-corrected chi connectivity index (χ0v) is 11.5. The Kier molecular flexibility index (Phi) is 3.44. The lowest BCUT2D eigenvalue weighted by Crippen LogP contribution is -2.37. The summed E-state index contributed by atoms with van der Waals surface area (Å²) in [4.78, 5) is 21.6. The molecule has 5 nitrogen and oxygen atoms in total. The van der Waals surface area contributed by atoms with Crippen LogP contribution < -0.4 is 4.90 Å². The fourth-order valence-corrected chi connectivity index (χ4v) is 2.78. The van der Waals surface area contributed by atoms with Gasteiger partial charge in [-0.3, -0.25) is 4.79 Å². The maximum atomic E-state index is 11.0. The van der Waals surface area contributed by atoms with Crippen molar-refractivity contribution in [2.24, 2.45) is 5.92 Å². The van der Waals surface area contributed by atoms with Gasteiger partial charge < -0.3 is 10.0 Å². The second-order valence-electron chi connectivity index (χ2n) is 4.93. The van der Waals surface area contributed by atoms with Gasteiger partial charge >= 0.3 is 5.97 Å². The van der Waals surface area contributed by atoms with Gasteiger partial charge in [0, 0.05) is 18.5 Å². The Morgan fingerprint density at radius 1 is 1.25 bits per heavy atom. The number of carboxylic acids is 1. The Labute approximate surface area is 121 Å². The van der Waals surface area contributed by atoms with Crippen molar-refractivity contribution in [3.63, 3.8) is 0 Å². The van der Waals surface area contributed by atoms with Crippen LogP contribution in [-0.2, 0) is 4.79 Å². The summed E-state index contributed by atoms with van der Waals surface area (Å²) in [6, 6.07) is 7.71. The summed E-state index contributed by atoms with van der Waals surface area (Å²) in [5.74, 6) is -0.172. The van der Waals surface area contributed by atoms with E-state index >= 15 is 0 Å². The SMILES string of the molecule is O=C(O)C1CCN(c2nc(Cl)nc3ccccc23)CC1. The molecule has 0 saturated carbocycles. The summed E-state index contributed by atoms with van der Waals surface area (Å²) in [6.07, 6.45) is 1.26. The van der Waals surface area contributed by atoms with Crippen LogP contribution in [0.4, 0.5) is 5.82 Å². The van der Waals surface area contributed by atoms with E-state index in [4.69, 9.17) is 16.7 Å². The second kappa shape index (κ2) is 5.25. The third-order valence-corrected chi connectivity index (χ3v) is 3.87. The standard InChI is InChI=1S/C14H14ClN3O2/c15-14-16-11-4-2-1-3-10(11)12(17-14)18-7-5-9(6-8-18)13(19)20/h1-4,9H,5-8H2,(H,19,20). The average molecular weight is 292 g/mol. The van der Waals surface area contributed by atoms with Gasteiger partial charge in [-0.05, 0) is 36.6 Å². The van der Waals surface area contributed by atoms with Crippen LogP contribution >= 0.6 is 11.6 Å². The van der Waals surface area contributed by atoms with Gasteiger partial charge in [-0.1, -0.05) is 12.1 Å². The number of anilines is 1. The van der Waals surface area contributed by atoms with E-state index in [1.807, 2.05) is 24.3 Å². The molecule has 104 valence electrons. The molecule has 2 aromatic rings. The maximum absolute atomic E-state index is 11.0. The topological polar surface area (TPSA) is 66.3 Å². The van der Waals surface area contributed by atoms with Crippen LogP contribution in [-0.4, -0.2) is 34.1 Å². The molecule has 1 aromatic carbocycles. The molecule has 0 atom stereocenters. The normalized spacial score (nSPS) is 16.6.